The summed E-state index contributed by atoms with van der Waals surface area (Å²) in [5.74, 6) is -9.55. The van der Waals surface area contributed by atoms with Crippen molar-refractivity contribution in [2.24, 2.45) is 0 Å². The fraction of sp³-hybridized carbons (Fsp3) is 0.500. The first kappa shape index (κ1) is 22.2. The van der Waals surface area contributed by atoms with Crippen LogP contribution in [0.1, 0.15) is 33.6 Å². The summed E-state index contributed by atoms with van der Waals surface area (Å²) in [4.78, 5) is 24.7. The molecule has 0 heterocycles. The first-order valence-electron chi connectivity index (χ1n) is 7.61. The lowest BCUT2D eigenvalue weighted by Crippen LogP contribution is -2.35. The average molecular weight is 397 g/mol. The summed E-state index contributed by atoms with van der Waals surface area (Å²) in [5, 5.41) is -0.736. The molecular formula is C16H20F4NO4P. The van der Waals surface area contributed by atoms with Gasteiger partial charge in [0.15, 0.2) is 17.4 Å². The van der Waals surface area contributed by atoms with Crippen LogP contribution in [-0.4, -0.2) is 36.2 Å². The van der Waals surface area contributed by atoms with Gasteiger partial charge in [-0.15, -0.1) is 0 Å². The second-order valence-corrected chi connectivity index (χ2v) is 7.06. The second-order valence-electron chi connectivity index (χ2n) is 6.48. The van der Waals surface area contributed by atoms with Crippen LogP contribution in [0.4, 0.5) is 22.4 Å². The van der Waals surface area contributed by atoms with Crippen molar-refractivity contribution in [3.05, 3.63) is 23.3 Å². The van der Waals surface area contributed by atoms with Gasteiger partial charge in [-0.2, -0.15) is 4.39 Å². The monoisotopic (exact) mass is 397 g/mol. The van der Waals surface area contributed by atoms with Crippen LogP contribution in [0.15, 0.2) is 0 Å². The summed E-state index contributed by atoms with van der Waals surface area (Å²) >= 11 is 0. The van der Waals surface area contributed by atoms with E-state index in [9.17, 15) is 27.2 Å². The summed E-state index contributed by atoms with van der Waals surface area (Å²) in [6.45, 7) is 5.23. The Labute approximate surface area is 150 Å². The van der Waals surface area contributed by atoms with Crippen LogP contribution < -0.4 is 10.0 Å². The zero-order chi connectivity index (χ0) is 20.2. The molecule has 1 amide bonds. The van der Waals surface area contributed by atoms with Crippen molar-refractivity contribution in [2.45, 2.75) is 39.2 Å². The van der Waals surface area contributed by atoms with Crippen molar-refractivity contribution < 1.29 is 36.6 Å². The number of halogens is 4. The molecule has 1 unspecified atom stereocenters. The lowest BCUT2D eigenvalue weighted by Gasteiger charge is -2.24. The van der Waals surface area contributed by atoms with Gasteiger partial charge in [0.25, 0.3) is 0 Å². The third-order valence-corrected chi connectivity index (χ3v) is 3.57. The highest BCUT2D eigenvalue weighted by atomic mass is 31.0. The summed E-state index contributed by atoms with van der Waals surface area (Å²) in [6, 6.07) is 0. The number of carbonyl (C=O) groups excluding carboxylic acids is 2. The van der Waals surface area contributed by atoms with Crippen molar-refractivity contribution >= 4 is 26.6 Å². The number of hydrogen-bond donors (Lipinski definition) is 0. The van der Waals surface area contributed by atoms with Crippen molar-refractivity contribution in [2.75, 3.05) is 13.6 Å². The summed E-state index contributed by atoms with van der Waals surface area (Å²) < 4.78 is 63.0. The van der Waals surface area contributed by atoms with Gasteiger partial charge >= 0.3 is 12.1 Å². The zero-order valence-corrected chi connectivity index (χ0v) is 15.9. The largest absolute Gasteiger partial charge is 0.444 e. The molecule has 0 radical (unpaired) electrons. The SMILES string of the molecule is CN(CCCC(=O)Oc1c(F)c(F)c(F)c(F)c1P)C(=O)OC(C)(C)C. The minimum atomic E-state index is -2.07. The van der Waals surface area contributed by atoms with Crippen LogP contribution in [0.5, 0.6) is 5.75 Å². The number of esters is 1. The molecule has 1 aromatic rings. The van der Waals surface area contributed by atoms with Crippen LogP contribution in [-0.2, 0) is 9.53 Å². The Hall–Kier alpha value is -1.89. The molecule has 1 rings (SSSR count). The first-order chi connectivity index (χ1) is 11.8. The second kappa shape index (κ2) is 8.66. The van der Waals surface area contributed by atoms with Crippen molar-refractivity contribution in [3.8, 4) is 5.75 Å². The molecule has 10 heteroatoms. The normalized spacial score (nSPS) is 11.3. The highest BCUT2D eigenvalue weighted by Crippen LogP contribution is 2.25. The molecular weight excluding hydrogens is 377 g/mol. The van der Waals surface area contributed by atoms with E-state index in [2.05, 4.69) is 4.74 Å². The standard InChI is InChI=1S/C16H20F4NO4P/c1-16(2,3)25-15(23)21(4)7-5-6-8(22)24-13-11(19)9(17)10(18)12(20)14(13)26/h5-7,26H2,1-4H3. The lowest BCUT2D eigenvalue weighted by atomic mass is 10.2. The summed E-state index contributed by atoms with van der Waals surface area (Å²) in [7, 11) is 3.11. The van der Waals surface area contributed by atoms with E-state index in [1.54, 1.807) is 30.0 Å². The van der Waals surface area contributed by atoms with Gasteiger partial charge in [-0.05, 0) is 27.2 Å². The van der Waals surface area contributed by atoms with Crippen molar-refractivity contribution in [1.82, 2.24) is 4.90 Å². The number of rotatable bonds is 5. The highest BCUT2D eigenvalue weighted by molar-refractivity contribution is 7.27. The third kappa shape index (κ3) is 5.83. The molecule has 0 spiro atoms. The summed E-state index contributed by atoms with van der Waals surface area (Å²) in [6.07, 6.45) is -0.724. The predicted molar refractivity (Wildman–Crippen MR) is 89.4 cm³/mol. The molecule has 0 fully saturated rings. The molecule has 1 aromatic carbocycles. The molecule has 0 saturated carbocycles. The smallest absolute Gasteiger partial charge is 0.410 e. The van der Waals surface area contributed by atoms with Crippen LogP contribution in [0, 0.1) is 23.3 Å². The molecule has 0 saturated heterocycles. The molecule has 0 bridgehead atoms. The average Bonchev–Trinajstić information content (AvgIpc) is 2.53. The minimum absolute atomic E-state index is 0.131. The Morgan fingerprint density at radius 3 is 2.12 bits per heavy atom. The van der Waals surface area contributed by atoms with E-state index >= 15 is 0 Å². The van der Waals surface area contributed by atoms with Crippen LogP contribution in [0.2, 0.25) is 0 Å². The van der Waals surface area contributed by atoms with E-state index in [1.165, 1.54) is 11.9 Å². The fourth-order valence-corrected chi connectivity index (χ4v) is 2.10. The minimum Gasteiger partial charge on any atom is -0.444 e. The number of hydrogen-bond acceptors (Lipinski definition) is 4. The molecule has 0 aromatic heterocycles. The molecule has 0 aliphatic heterocycles. The van der Waals surface area contributed by atoms with Gasteiger partial charge in [0, 0.05) is 20.0 Å². The number of ether oxygens (including phenoxy) is 2. The van der Waals surface area contributed by atoms with Crippen LogP contribution in [0.3, 0.4) is 0 Å². The van der Waals surface area contributed by atoms with Gasteiger partial charge in [-0.3, -0.25) is 4.79 Å². The third-order valence-electron chi connectivity index (χ3n) is 3.05. The Kier molecular flexibility index (Phi) is 7.38. The molecule has 0 N–H and O–H groups in total. The topological polar surface area (TPSA) is 55.8 Å². The molecule has 0 aliphatic rings. The van der Waals surface area contributed by atoms with E-state index in [4.69, 9.17) is 4.74 Å². The number of carbonyl (C=O) groups is 2. The van der Waals surface area contributed by atoms with E-state index in [0.717, 1.165) is 0 Å². The maximum absolute atomic E-state index is 13.6. The van der Waals surface area contributed by atoms with E-state index in [-0.39, 0.29) is 19.4 Å². The number of amides is 1. The highest BCUT2D eigenvalue weighted by Gasteiger charge is 2.26. The number of benzene rings is 1. The quantitative estimate of drug-likeness (QED) is 0.191. The first-order valence-corrected chi connectivity index (χ1v) is 8.19. The Balaban J connectivity index is 2.63. The molecule has 5 nitrogen and oxygen atoms in total. The van der Waals surface area contributed by atoms with E-state index in [1.807, 2.05) is 0 Å². The summed E-state index contributed by atoms with van der Waals surface area (Å²) in [5.41, 5.74) is -0.673. The maximum atomic E-state index is 13.6. The van der Waals surface area contributed by atoms with Gasteiger partial charge in [0.2, 0.25) is 11.6 Å². The lowest BCUT2D eigenvalue weighted by molar-refractivity contribution is -0.134. The molecule has 0 aliphatic carbocycles. The van der Waals surface area contributed by atoms with Gasteiger partial charge in [0.05, 0.1) is 5.30 Å². The Bertz CT molecular complexity index is 677. The van der Waals surface area contributed by atoms with E-state index < -0.39 is 52.0 Å². The van der Waals surface area contributed by atoms with Crippen LogP contribution in [0.25, 0.3) is 0 Å². The predicted octanol–water partition coefficient (Wildman–Crippen LogP) is 3.30. The Morgan fingerprint density at radius 2 is 1.58 bits per heavy atom. The van der Waals surface area contributed by atoms with Crippen molar-refractivity contribution in [1.29, 1.82) is 0 Å². The van der Waals surface area contributed by atoms with Crippen molar-refractivity contribution in [3.63, 3.8) is 0 Å². The van der Waals surface area contributed by atoms with Gasteiger partial charge in [0.1, 0.15) is 5.60 Å². The molecule has 26 heavy (non-hydrogen) atoms. The van der Waals surface area contributed by atoms with Gasteiger partial charge < -0.3 is 14.4 Å². The van der Waals surface area contributed by atoms with E-state index in [0.29, 0.717) is 0 Å². The van der Waals surface area contributed by atoms with Gasteiger partial charge in [-0.25, -0.2) is 18.0 Å². The molecule has 1 atom stereocenters. The van der Waals surface area contributed by atoms with Gasteiger partial charge in [-0.1, -0.05) is 9.24 Å². The Morgan fingerprint density at radius 1 is 1.04 bits per heavy atom. The maximum Gasteiger partial charge on any atom is 0.410 e. The fourth-order valence-electron chi connectivity index (χ4n) is 1.78. The number of nitrogens with zero attached hydrogens (tertiary/aromatic N) is 1. The zero-order valence-electron chi connectivity index (χ0n) is 14.8. The van der Waals surface area contributed by atoms with Crippen LogP contribution >= 0.6 is 9.24 Å². The molecule has 146 valence electrons.